The first-order valence-corrected chi connectivity index (χ1v) is 7.04. The molecule has 2 aromatic heterocycles. The van der Waals surface area contributed by atoms with E-state index in [1.54, 1.807) is 12.1 Å². The summed E-state index contributed by atoms with van der Waals surface area (Å²) in [6, 6.07) is 11.4. The summed E-state index contributed by atoms with van der Waals surface area (Å²) in [6.07, 6.45) is 1.48. The van der Waals surface area contributed by atoms with Crippen molar-refractivity contribution in [3.63, 3.8) is 0 Å². The molecule has 1 aromatic carbocycles. The highest BCUT2D eigenvalue weighted by Crippen LogP contribution is 2.23. The van der Waals surface area contributed by atoms with Crippen LogP contribution in [0.1, 0.15) is 27.5 Å². The second kappa shape index (κ2) is 5.52. The molecular formula is C17H17N3O2. The van der Waals surface area contributed by atoms with Crippen LogP contribution in [0.2, 0.25) is 0 Å². The van der Waals surface area contributed by atoms with Gasteiger partial charge in [-0.05, 0) is 45.0 Å². The maximum absolute atomic E-state index is 12.1. The average Bonchev–Trinajstić information content (AvgIpc) is 3.12. The normalized spacial score (nSPS) is 10.7. The maximum Gasteiger partial charge on any atom is 0.291 e. The Kier molecular flexibility index (Phi) is 3.55. The Labute approximate surface area is 128 Å². The molecule has 0 radical (unpaired) electrons. The number of rotatable bonds is 3. The Bertz CT molecular complexity index is 799. The number of furan rings is 1. The predicted molar refractivity (Wildman–Crippen MR) is 84.4 cm³/mol. The molecule has 112 valence electrons. The molecule has 5 nitrogen and oxygen atoms in total. The number of aromatic nitrogens is 2. The lowest BCUT2D eigenvalue weighted by Gasteiger charge is -2.06. The van der Waals surface area contributed by atoms with E-state index in [0.717, 1.165) is 17.1 Å². The number of carbonyl (C=O) groups is 1. The topological polar surface area (TPSA) is 60.1 Å². The van der Waals surface area contributed by atoms with Gasteiger partial charge >= 0.3 is 0 Å². The summed E-state index contributed by atoms with van der Waals surface area (Å²) in [5.74, 6) is 0.00143. The van der Waals surface area contributed by atoms with E-state index < -0.39 is 0 Å². The lowest BCUT2D eigenvalue weighted by molar-refractivity contribution is 0.0996. The molecule has 0 aliphatic carbocycles. The van der Waals surface area contributed by atoms with E-state index in [2.05, 4.69) is 10.4 Å². The van der Waals surface area contributed by atoms with Gasteiger partial charge in [0.15, 0.2) is 5.76 Å². The van der Waals surface area contributed by atoms with Crippen molar-refractivity contribution in [2.24, 2.45) is 0 Å². The first kappa shape index (κ1) is 14.1. The molecular weight excluding hydrogens is 278 g/mol. The van der Waals surface area contributed by atoms with Crippen LogP contribution in [0.4, 0.5) is 5.69 Å². The van der Waals surface area contributed by atoms with Crippen molar-refractivity contribution >= 4 is 11.6 Å². The number of hydrogen-bond donors (Lipinski definition) is 1. The highest BCUT2D eigenvalue weighted by molar-refractivity contribution is 6.02. The van der Waals surface area contributed by atoms with E-state index in [1.807, 2.05) is 49.7 Å². The van der Waals surface area contributed by atoms with E-state index in [1.165, 1.54) is 11.8 Å². The monoisotopic (exact) mass is 295 g/mol. The third-order valence-corrected chi connectivity index (χ3v) is 3.55. The third kappa shape index (κ3) is 2.53. The quantitative estimate of drug-likeness (QED) is 0.802. The lowest BCUT2D eigenvalue weighted by Crippen LogP contribution is -2.12. The van der Waals surface area contributed by atoms with Gasteiger partial charge in [0.1, 0.15) is 0 Å². The highest BCUT2D eigenvalue weighted by Gasteiger charge is 2.17. The smallest absolute Gasteiger partial charge is 0.291 e. The van der Waals surface area contributed by atoms with E-state index in [-0.39, 0.29) is 11.7 Å². The van der Waals surface area contributed by atoms with Crippen LogP contribution in [-0.2, 0) is 0 Å². The predicted octanol–water partition coefficient (Wildman–Crippen LogP) is 3.64. The van der Waals surface area contributed by atoms with E-state index in [0.29, 0.717) is 5.69 Å². The number of hydrogen-bond acceptors (Lipinski definition) is 3. The molecule has 0 aliphatic rings. The zero-order valence-electron chi connectivity index (χ0n) is 12.8. The summed E-state index contributed by atoms with van der Waals surface area (Å²) in [5.41, 5.74) is 4.50. The van der Waals surface area contributed by atoms with Crippen LogP contribution in [0.3, 0.4) is 0 Å². The Morgan fingerprint density at radius 1 is 1.14 bits per heavy atom. The van der Waals surface area contributed by atoms with Crippen LogP contribution in [0.5, 0.6) is 0 Å². The first-order valence-electron chi connectivity index (χ1n) is 7.04. The van der Waals surface area contributed by atoms with Gasteiger partial charge in [0.25, 0.3) is 5.91 Å². The van der Waals surface area contributed by atoms with Gasteiger partial charge in [-0.2, -0.15) is 5.10 Å². The van der Waals surface area contributed by atoms with Gasteiger partial charge < -0.3 is 9.73 Å². The molecule has 0 atom stereocenters. The Morgan fingerprint density at radius 3 is 2.50 bits per heavy atom. The standard InChI is InChI=1S/C17H17N3O2/c1-11-6-8-14(9-7-11)20-13(3)16(12(2)19-20)18-17(21)15-5-4-10-22-15/h4-10H,1-3H3,(H,18,21). The van der Waals surface area contributed by atoms with Gasteiger partial charge in [0, 0.05) is 0 Å². The summed E-state index contributed by atoms with van der Waals surface area (Å²) in [7, 11) is 0. The molecule has 5 heteroatoms. The molecule has 0 bridgehead atoms. The Hall–Kier alpha value is -2.82. The van der Waals surface area contributed by atoms with Crippen LogP contribution in [0.25, 0.3) is 5.69 Å². The second-order valence-corrected chi connectivity index (χ2v) is 5.22. The molecule has 0 spiro atoms. The average molecular weight is 295 g/mol. The molecule has 1 N–H and O–H groups in total. The molecule has 0 saturated heterocycles. The van der Waals surface area contributed by atoms with Gasteiger partial charge in [0.2, 0.25) is 0 Å². The Balaban J connectivity index is 1.93. The molecule has 22 heavy (non-hydrogen) atoms. The van der Waals surface area contributed by atoms with Crippen molar-refractivity contribution in [1.82, 2.24) is 9.78 Å². The molecule has 2 heterocycles. The SMILES string of the molecule is Cc1ccc(-n2nc(C)c(NC(=O)c3ccco3)c2C)cc1. The van der Waals surface area contributed by atoms with Gasteiger partial charge in [0.05, 0.1) is 29.0 Å². The van der Waals surface area contributed by atoms with Crippen molar-refractivity contribution in [3.05, 3.63) is 65.4 Å². The van der Waals surface area contributed by atoms with E-state index >= 15 is 0 Å². The van der Waals surface area contributed by atoms with Crippen LogP contribution in [0.15, 0.2) is 47.1 Å². The minimum absolute atomic E-state index is 0.278. The zero-order valence-corrected chi connectivity index (χ0v) is 12.8. The minimum atomic E-state index is -0.278. The molecule has 3 rings (SSSR count). The van der Waals surface area contributed by atoms with Crippen molar-refractivity contribution in [2.45, 2.75) is 20.8 Å². The number of nitrogens with zero attached hydrogens (tertiary/aromatic N) is 2. The fourth-order valence-corrected chi connectivity index (χ4v) is 2.34. The lowest BCUT2D eigenvalue weighted by atomic mass is 10.2. The number of carbonyl (C=O) groups excluding carboxylic acids is 1. The largest absolute Gasteiger partial charge is 0.459 e. The molecule has 1 amide bonds. The minimum Gasteiger partial charge on any atom is -0.459 e. The van der Waals surface area contributed by atoms with Gasteiger partial charge in [-0.25, -0.2) is 4.68 Å². The first-order chi connectivity index (χ1) is 10.6. The third-order valence-electron chi connectivity index (χ3n) is 3.55. The van der Waals surface area contributed by atoms with Crippen LogP contribution in [-0.4, -0.2) is 15.7 Å². The van der Waals surface area contributed by atoms with Crippen LogP contribution in [0, 0.1) is 20.8 Å². The summed E-state index contributed by atoms with van der Waals surface area (Å²) < 4.78 is 6.94. The number of nitrogens with one attached hydrogen (secondary N) is 1. The number of amides is 1. The number of benzene rings is 1. The summed E-state index contributed by atoms with van der Waals surface area (Å²) in [4.78, 5) is 12.1. The number of aryl methyl sites for hydroxylation is 2. The van der Waals surface area contributed by atoms with Crippen molar-refractivity contribution in [3.8, 4) is 5.69 Å². The van der Waals surface area contributed by atoms with Crippen LogP contribution >= 0.6 is 0 Å². The highest BCUT2D eigenvalue weighted by atomic mass is 16.3. The molecule has 0 aliphatic heterocycles. The van der Waals surface area contributed by atoms with Gasteiger partial charge in [-0.3, -0.25) is 4.79 Å². The second-order valence-electron chi connectivity index (χ2n) is 5.22. The maximum atomic E-state index is 12.1. The fraction of sp³-hybridized carbons (Fsp3) is 0.176. The fourth-order valence-electron chi connectivity index (χ4n) is 2.34. The van der Waals surface area contributed by atoms with Crippen molar-refractivity contribution in [2.75, 3.05) is 5.32 Å². The summed E-state index contributed by atoms with van der Waals surface area (Å²) in [6.45, 7) is 5.84. The Morgan fingerprint density at radius 2 is 1.86 bits per heavy atom. The molecule has 0 unspecified atom stereocenters. The summed E-state index contributed by atoms with van der Waals surface area (Å²) >= 11 is 0. The van der Waals surface area contributed by atoms with Crippen molar-refractivity contribution < 1.29 is 9.21 Å². The van der Waals surface area contributed by atoms with Crippen molar-refractivity contribution in [1.29, 1.82) is 0 Å². The van der Waals surface area contributed by atoms with Gasteiger partial charge in [-0.1, -0.05) is 17.7 Å². The van der Waals surface area contributed by atoms with E-state index in [9.17, 15) is 4.79 Å². The molecule has 0 saturated carbocycles. The number of anilines is 1. The van der Waals surface area contributed by atoms with Crippen LogP contribution < -0.4 is 5.32 Å². The summed E-state index contributed by atoms with van der Waals surface area (Å²) in [5, 5.41) is 7.38. The molecule has 0 fully saturated rings. The molecule has 3 aromatic rings. The van der Waals surface area contributed by atoms with Gasteiger partial charge in [-0.15, -0.1) is 0 Å². The zero-order chi connectivity index (χ0) is 15.7. The van der Waals surface area contributed by atoms with E-state index in [4.69, 9.17) is 4.42 Å².